The van der Waals surface area contributed by atoms with Crippen molar-refractivity contribution in [2.45, 2.75) is 49.7 Å². The van der Waals surface area contributed by atoms with Gasteiger partial charge in [-0.1, -0.05) is 0 Å². The highest BCUT2D eigenvalue weighted by molar-refractivity contribution is 5.83. The number of hydrogen-bond acceptors (Lipinski definition) is 6. The molecular formula is C18H27N3O3. The summed E-state index contributed by atoms with van der Waals surface area (Å²) in [6.07, 6.45) is 10.8. The Bertz CT molecular complexity index is 554. The van der Waals surface area contributed by atoms with Gasteiger partial charge in [-0.05, 0) is 32.1 Å². The van der Waals surface area contributed by atoms with Gasteiger partial charge in [0.25, 0.3) is 0 Å². The molecule has 1 spiro atoms. The zero-order valence-corrected chi connectivity index (χ0v) is 14.2. The first-order valence-electron chi connectivity index (χ1n) is 9.13. The van der Waals surface area contributed by atoms with Crippen molar-refractivity contribution in [3.8, 4) is 0 Å². The number of aliphatic hydroxyl groups is 1. The number of nitrogens with zero attached hydrogens (tertiary/aromatic N) is 3. The fourth-order valence-electron chi connectivity index (χ4n) is 4.87. The first kappa shape index (κ1) is 16.2. The van der Waals surface area contributed by atoms with Crippen LogP contribution in [-0.2, 0) is 9.53 Å². The van der Waals surface area contributed by atoms with Crippen molar-refractivity contribution < 1.29 is 14.6 Å². The van der Waals surface area contributed by atoms with Crippen molar-refractivity contribution in [1.82, 2.24) is 9.80 Å². The van der Waals surface area contributed by atoms with Crippen LogP contribution in [0.4, 0.5) is 0 Å². The molecule has 2 saturated heterocycles. The summed E-state index contributed by atoms with van der Waals surface area (Å²) < 4.78 is 6.49. The van der Waals surface area contributed by atoms with E-state index in [0.717, 1.165) is 58.4 Å². The van der Waals surface area contributed by atoms with Crippen LogP contribution in [0.25, 0.3) is 0 Å². The summed E-state index contributed by atoms with van der Waals surface area (Å²) in [7, 11) is 0. The highest BCUT2D eigenvalue weighted by Gasteiger charge is 2.59. The SMILES string of the molecule is O=C1CCCC2(CO)OC3(CCN(CN4C=CN=CC4)CC3)CC12. The average molecular weight is 333 g/mol. The van der Waals surface area contributed by atoms with Crippen LogP contribution in [0.5, 0.6) is 0 Å². The molecule has 0 aromatic carbocycles. The van der Waals surface area contributed by atoms with Crippen molar-refractivity contribution in [2.24, 2.45) is 10.9 Å². The third-order valence-corrected chi connectivity index (χ3v) is 6.24. The minimum atomic E-state index is -0.594. The summed E-state index contributed by atoms with van der Waals surface area (Å²) in [4.78, 5) is 21.2. The molecule has 3 heterocycles. The molecule has 0 radical (unpaired) electrons. The molecule has 4 aliphatic rings. The van der Waals surface area contributed by atoms with Crippen LogP contribution >= 0.6 is 0 Å². The number of piperidine rings is 1. The third-order valence-electron chi connectivity index (χ3n) is 6.24. The smallest absolute Gasteiger partial charge is 0.139 e. The number of aliphatic hydroxyl groups excluding tert-OH is 1. The van der Waals surface area contributed by atoms with Crippen molar-refractivity contribution in [3.05, 3.63) is 12.4 Å². The fourth-order valence-corrected chi connectivity index (χ4v) is 4.87. The van der Waals surface area contributed by atoms with E-state index >= 15 is 0 Å². The molecule has 0 bridgehead atoms. The third kappa shape index (κ3) is 2.80. The molecular weight excluding hydrogens is 306 g/mol. The van der Waals surface area contributed by atoms with E-state index in [9.17, 15) is 9.90 Å². The average Bonchev–Trinajstić information content (AvgIpc) is 2.94. The van der Waals surface area contributed by atoms with Crippen LogP contribution in [0.3, 0.4) is 0 Å². The van der Waals surface area contributed by atoms with E-state index in [1.165, 1.54) is 0 Å². The second kappa shape index (κ2) is 6.24. The number of aliphatic imine (C=N–C) groups is 1. The van der Waals surface area contributed by atoms with Gasteiger partial charge in [0.1, 0.15) is 11.4 Å². The number of ether oxygens (including phenoxy) is 1. The van der Waals surface area contributed by atoms with Crippen LogP contribution in [0.15, 0.2) is 17.4 Å². The lowest BCUT2D eigenvalue weighted by Crippen LogP contribution is -2.50. The largest absolute Gasteiger partial charge is 0.393 e. The lowest BCUT2D eigenvalue weighted by Gasteiger charge is -2.42. The Balaban J connectivity index is 1.39. The Morgan fingerprint density at radius 2 is 2.17 bits per heavy atom. The summed E-state index contributed by atoms with van der Waals surface area (Å²) >= 11 is 0. The van der Waals surface area contributed by atoms with Crippen molar-refractivity contribution in [2.75, 3.05) is 32.9 Å². The van der Waals surface area contributed by atoms with E-state index in [1.807, 2.05) is 18.6 Å². The second-order valence-electron chi connectivity index (χ2n) is 7.75. The molecule has 6 nitrogen and oxygen atoms in total. The van der Waals surface area contributed by atoms with Gasteiger partial charge in [-0.2, -0.15) is 0 Å². The molecule has 0 aromatic heterocycles. The minimum absolute atomic E-state index is 0.0211. The van der Waals surface area contributed by atoms with Crippen LogP contribution in [0.2, 0.25) is 0 Å². The number of carbonyl (C=O) groups excluding carboxylic acids is 1. The van der Waals surface area contributed by atoms with Crippen LogP contribution < -0.4 is 0 Å². The molecule has 2 atom stereocenters. The maximum Gasteiger partial charge on any atom is 0.139 e. The summed E-state index contributed by atoms with van der Waals surface area (Å²) in [6, 6.07) is 0. The van der Waals surface area contributed by atoms with Gasteiger partial charge < -0.3 is 14.7 Å². The highest BCUT2D eigenvalue weighted by Crippen LogP contribution is 2.52. The standard InChI is InChI=1S/C18H27N3O3/c22-13-18-3-1-2-16(23)15(18)12-17(24-18)4-8-20(9-5-17)14-21-10-6-19-7-11-21/h6-7,10,15,22H,1-5,8-9,11-14H2. The summed E-state index contributed by atoms with van der Waals surface area (Å²) in [5.74, 6) is 0.205. The van der Waals surface area contributed by atoms with Gasteiger partial charge in [0.2, 0.25) is 0 Å². The summed E-state index contributed by atoms with van der Waals surface area (Å²) in [5.41, 5.74) is -0.799. The molecule has 3 fully saturated rings. The van der Waals surface area contributed by atoms with E-state index in [1.54, 1.807) is 0 Å². The number of rotatable bonds is 3. The van der Waals surface area contributed by atoms with Gasteiger partial charge in [0.05, 0.1) is 31.3 Å². The predicted octanol–water partition coefficient (Wildman–Crippen LogP) is 1.16. The molecule has 2 unspecified atom stereocenters. The van der Waals surface area contributed by atoms with Crippen LogP contribution in [0.1, 0.15) is 38.5 Å². The van der Waals surface area contributed by atoms with Gasteiger partial charge in [-0.15, -0.1) is 0 Å². The summed E-state index contributed by atoms with van der Waals surface area (Å²) in [6.45, 7) is 3.70. The number of likely N-dealkylation sites (tertiary alicyclic amines) is 1. The molecule has 6 heteroatoms. The molecule has 1 saturated carbocycles. The summed E-state index contributed by atoms with van der Waals surface area (Å²) in [5, 5.41) is 9.94. The first-order chi connectivity index (χ1) is 11.6. The molecule has 24 heavy (non-hydrogen) atoms. The lowest BCUT2D eigenvalue weighted by molar-refractivity contribution is -0.167. The topological polar surface area (TPSA) is 65.4 Å². The van der Waals surface area contributed by atoms with E-state index in [0.29, 0.717) is 12.2 Å². The minimum Gasteiger partial charge on any atom is -0.393 e. The molecule has 1 aliphatic carbocycles. The zero-order chi connectivity index (χ0) is 16.6. The zero-order valence-electron chi connectivity index (χ0n) is 14.2. The molecule has 132 valence electrons. The highest BCUT2D eigenvalue weighted by atomic mass is 16.5. The fraction of sp³-hybridized carbons (Fsp3) is 0.778. The Morgan fingerprint density at radius 1 is 1.33 bits per heavy atom. The van der Waals surface area contributed by atoms with Crippen molar-refractivity contribution in [1.29, 1.82) is 0 Å². The Hall–Kier alpha value is -1.24. The quantitative estimate of drug-likeness (QED) is 0.839. The van der Waals surface area contributed by atoms with Crippen molar-refractivity contribution >= 4 is 12.0 Å². The normalized spacial score (nSPS) is 35.6. The van der Waals surface area contributed by atoms with Gasteiger partial charge in [-0.25, -0.2) is 0 Å². The Kier molecular flexibility index (Phi) is 4.22. The monoisotopic (exact) mass is 333 g/mol. The number of hydrogen-bond donors (Lipinski definition) is 1. The van der Waals surface area contributed by atoms with Crippen LogP contribution in [0, 0.1) is 5.92 Å². The molecule has 3 aliphatic heterocycles. The maximum atomic E-state index is 12.4. The Morgan fingerprint density at radius 3 is 2.83 bits per heavy atom. The second-order valence-corrected chi connectivity index (χ2v) is 7.75. The molecule has 0 amide bonds. The van der Waals surface area contributed by atoms with Crippen LogP contribution in [-0.4, -0.2) is 71.0 Å². The van der Waals surface area contributed by atoms with E-state index < -0.39 is 5.60 Å². The Labute approximate surface area is 143 Å². The molecule has 1 N–H and O–H groups in total. The maximum absolute atomic E-state index is 12.4. The predicted molar refractivity (Wildman–Crippen MR) is 90.6 cm³/mol. The number of carbonyl (C=O) groups is 1. The number of fused-ring (bicyclic) bond motifs is 1. The number of ketones is 1. The van der Waals surface area contributed by atoms with Gasteiger partial charge in [-0.3, -0.25) is 14.7 Å². The van der Waals surface area contributed by atoms with Gasteiger partial charge >= 0.3 is 0 Å². The van der Waals surface area contributed by atoms with E-state index in [-0.39, 0.29) is 18.1 Å². The van der Waals surface area contributed by atoms with Gasteiger partial charge in [0, 0.05) is 38.1 Å². The lowest BCUT2D eigenvalue weighted by atomic mass is 9.72. The van der Waals surface area contributed by atoms with Crippen molar-refractivity contribution in [3.63, 3.8) is 0 Å². The van der Waals surface area contributed by atoms with E-state index in [4.69, 9.17) is 4.74 Å². The molecule has 0 aromatic rings. The van der Waals surface area contributed by atoms with E-state index in [2.05, 4.69) is 14.8 Å². The first-order valence-corrected chi connectivity index (χ1v) is 9.13. The number of Topliss-reactive ketones (excluding diaryl/α,β-unsaturated/α-hetero) is 1. The molecule has 4 rings (SSSR count). The van der Waals surface area contributed by atoms with Gasteiger partial charge in [0.15, 0.2) is 0 Å².